The summed E-state index contributed by atoms with van der Waals surface area (Å²) in [6.45, 7) is 3.05. The lowest BCUT2D eigenvalue weighted by Gasteiger charge is -2.33. The first kappa shape index (κ1) is 20.8. The first-order valence-corrected chi connectivity index (χ1v) is 11.6. The quantitative estimate of drug-likeness (QED) is 0.307. The second kappa shape index (κ2) is 12.5. The number of carbonyl (C=O) groups is 3. The van der Waals surface area contributed by atoms with Crippen LogP contribution in [0, 0.1) is 0 Å². The Morgan fingerprint density at radius 1 is 1.06 bits per heavy atom. The van der Waals surface area contributed by atoms with Crippen LogP contribution in [0.15, 0.2) is 52.9 Å². The minimum atomic E-state index is -3.05. The van der Waals surface area contributed by atoms with Gasteiger partial charge in [0.25, 0.3) is 0 Å². The molecule has 1 aliphatic rings. The van der Waals surface area contributed by atoms with Gasteiger partial charge in [-0.25, -0.2) is 14.4 Å². The normalized spacial score (nSPS) is 19.5. The molecular weight excluding hydrogens is 460 g/mol. The Bertz CT molecular complexity index is 1260. The van der Waals surface area contributed by atoms with E-state index in [-0.39, 0.29) is 35.8 Å². The minimum absolute atomic E-state index is 0.0275. The zero-order valence-corrected chi connectivity index (χ0v) is 21.6. The molecule has 0 aromatic heterocycles. The number of carbonyl (C=O) groups excluding carboxylic acids is 3. The van der Waals surface area contributed by atoms with E-state index in [1.807, 2.05) is 0 Å². The molecule has 8 nitrogen and oxygen atoms in total. The Morgan fingerprint density at radius 2 is 1.67 bits per heavy atom. The topological polar surface area (TPSA) is 94.2 Å². The van der Waals surface area contributed by atoms with E-state index in [1.165, 1.54) is 19.1 Å². The number of likely N-dealkylation sites (N-methyl/N-ethyl adjacent to an activating group) is 1. The molecule has 1 unspecified atom stereocenters. The third-order valence-corrected chi connectivity index (χ3v) is 5.06. The number of hydrogen-bond acceptors (Lipinski definition) is 8. The average Bonchev–Trinajstić information content (AvgIpc) is 2.83. The van der Waals surface area contributed by atoms with Crippen LogP contribution in [0.2, 0.25) is 0 Å². The second-order valence-corrected chi connectivity index (χ2v) is 9.01. The lowest BCUT2D eigenvalue weighted by molar-refractivity contribution is -0.148. The zero-order valence-electron chi connectivity index (χ0n) is 27.6. The fourth-order valence-corrected chi connectivity index (χ4v) is 3.84. The van der Waals surface area contributed by atoms with Crippen LogP contribution in [0.4, 0.5) is 0 Å². The van der Waals surface area contributed by atoms with Crippen molar-refractivity contribution >= 4 is 24.0 Å². The molecule has 0 saturated carbocycles. The van der Waals surface area contributed by atoms with E-state index >= 15 is 0 Å². The van der Waals surface area contributed by atoms with E-state index in [1.54, 1.807) is 58.9 Å². The van der Waals surface area contributed by atoms with Gasteiger partial charge in [-0.05, 0) is 72.7 Å². The number of rotatable bonds is 9. The van der Waals surface area contributed by atoms with Gasteiger partial charge in [0.2, 0.25) is 0 Å². The van der Waals surface area contributed by atoms with E-state index in [0.29, 0.717) is 16.0 Å². The molecule has 0 amide bonds. The van der Waals surface area contributed by atoms with Gasteiger partial charge in [0.15, 0.2) is 0 Å². The molecule has 1 aromatic rings. The number of allylic oxidation sites excluding steroid dienone is 1. The molecule has 1 heterocycles. The maximum Gasteiger partial charge on any atom is 0.336 e. The summed E-state index contributed by atoms with van der Waals surface area (Å²) in [4.78, 5) is 39.6. The zero-order chi connectivity index (χ0) is 32.0. The number of hydrogen-bond donors (Lipinski definition) is 1. The van der Waals surface area contributed by atoms with Gasteiger partial charge >= 0.3 is 17.9 Å². The van der Waals surface area contributed by atoms with Crippen molar-refractivity contribution in [2.45, 2.75) is 53.1 Å². The smallest absolute Gasteiger partial charge is 0.336 e. The van der Waals surface area contributed by atoms with Crippen molar-refractivity contribution in [1.82, 2.24) is 10.2 Å². The first-order chi connectivity index (χ1) is 19.3. The van der Waals surface area contributed by atoms with Crippen LogP contribution in [0.3, 0.4) is 0 Å². The summed E-state index contributed by atoms with van der Waals surface area (Å²) in [6, 6.07) is 6.66. The molecular formula is C28H38N2O6. The largest absolute Gasteiger partial charge is 0.463 e. The van der Waals surface area contributed by atoms with Crippen molar-refractivity contribution in [2.24, 2.45) is 0 Å². The molecule has 0 spiro atoms. The SMILES string of the molecule is [2H]C([2H])([2H])N(CC1=C(C(=O)OCC)C(c2ccccc2/C=C/C(=O)OC(C)(C)C)C(C(=O)OCC)=C(C)N1)C([2H])([2H])[2H]. The molecule has 0 fully saturated rings. The third kappa shape index (κ3) is 7.55. The summed E-state index contributed by atoms with van der Waals surface area (Å²) in [5.74, 6) is -3.43. The van der Waals surface area contributed by atoms with Crippen molar-refractivity contribution in [3.63, 3.8) is 0 Å². The number of nitrogens with one attached hydrogen (secondary N) is 1. The van der Waals surface area contributed by atoms with Gasteiger partial charge in [-0.3, -0.25) is 0 Å². The highest BCUT2D eigenvalue weighted by Crippen LogP contribution is 2.41. The molecule has 1 aromatic carbocycles. The molecule has 0 aliphatic carbocycles. The molecule has 2 rings (SSSR count). The van der Waals surface area contributed by atoms with E-state index in [0.717, 1.165) is 0 Å². The van der Waals surface area contributed by atoms with Gasteiger partial charge in [0.1, 0.15) is 5.60 Å². The van der Waals surface area contributed by atoms with Gasteiger partial charge in [0, 0.05) is 32.2 Å². The highest BCUT2D eigenvalue weighted by Gasteiger charge is 2.39. The molecule has 1 aliphatic heterocycles. The van der Waals surface area contributed by atoms with Gasteiger partial charge in [-0.1, -0.05) is 24.3 Å². The van der Waals surface area contributed by atoms with Crippen LogP contribution in [0.5, 0.6) is 0 Å². The van der Waals surface area contributed by atoms with Crippen LogP contribution in [-0.2, 0) is 28.6 Å². The predicted octanol–water partition coefficient (Wildman–Crippen LogP) is 3.94. The fraction of sp³-hybridized carbons (Fsp3) is 0.464. The summed E-state index contributed by atoms with van der Waals surface area (Å²) in [5.41, 5.74) is 0.119. The van der Waals surface area contributed by atoms with Gasteiger partial charge in [-0.15, -0.1) is 0 Å². The number of esters is 3. The van der Waals surface area contributed by atoms with Crippen molar-refractivity contribution < 1.29 is 36.8 Å². The standard InChI is InChI=1S/C28H38N2O6/c1-9-34-26(32)23-18(3)29-21(17-30(7)8)25(27(33)35-10-2)24(23)20-14-12-11-13-19(20)15-16-22(31)36-28(4,5)6/h11-16,24,29H,9-10,17H2,1-8H3/b16-15+/i7D3,8D3. The molecule has 8 heteroatoms. The number of nitrogens with zero attached hydrogens (tertiary/aromatic N) is 1. The Morgan fingerprint density at radius 3 is 2.25 bits per heavy atom. The Labute approximate surface area is 222 Å². The molecule has 1 N–H and O–H groups in total. The summed E-state index contributed by atoms with van der Waals surface area (Å²) in [6.07, 6.45) is 2.69. The van der Waals surface area contributed by atoms with Gasteiger partial charge in [0.05, 0.1) is 30.3 Å². The highest BCUT2D eigenvalue weighted by atomic mass is 16.6. The average molecular weight is 505 g/mol. The van der Waals surface area contributed by atoms with E-state index < -0.39 is 49.9 Å². The lowest BCUT2D eigenvalue weighted by Crippen LogP contribution is -2.37. The van der Waals surface area contributed by atoms with Gasteiger partial charge in [-0.2, -0.15) is 0 Å². The summed E-state index contributed by atoms with van der Waals surface area (Å²) in [7, 11) is 0. The fourth-order valence-electron chi connectivity index (χ4n) is 3.84. The number of ether oxygens (including phenoxy) is 3. The van der Waals surface area contributed by atoms with Crippen molar-refractivity contribution in [1.29, 1.82) is 0 Å². The number of benzene rings is 1. The molecule has 0 radical (unpaired) electrons. The van der Waals surface area contributed by atoms with Gasteiger partial charge < -0.3 is 24.4 Å². The van der Waals surface area contributed by atoms with Crippen LogP contribution >= 0.6 is 0 Å². The van der Waals surface area contributed by atoms with Crippen molar-refractivity contribution in [3.8, 4) is 0 Å². The second-order valence-electron chi connectivity index (χ2n) is 9.01. The third-order valence-electron chi connectivity index (χ3n) is 5.06. The molecule has 36 heavy (non-hydrogen) atoms. The highest BCUT2D eigenvalue weighted by molar-refractivity contribution is 6.00. The molecule has 0 saturated heterocycles. The van der Waals surface area contributed by atoms with Crippen molar-refractivity contribution in [3.05, 3.63) is 64.0 Å². The Hall–Kier alpha value is -3.39. The maximum atomic E-state index is 13.6. The van der Waals surface area contributed by atoms with Crippen LogP contribution in [0.25, 0.3) is 6.08 Å². The van der Waals surface area contributed by atoms with E-state index in [2.05, 4.69) is 5.32 Å². The molecule has 0 bridgehead atoms. The van der Waals surface area contributed by atoms with Crippen LogP contribution in [0.1, 0.15) is 66.8 Å². The monoisotopic (exact) mass is 504 g/mol. The minimum Gasteiger partial charge on any atom is -0.463 e. The summed E-state index contributed by atoms with van der Waals surface area (Å²) < 4.78 is 63.0. The van der Waals surface area contributed by atoms with E-state index in [9.17, 15) is 14.4 Å². The maximum absolute atomic E-state index is 13.6. The number of dihydropyridines is 1. The summed E-state index contributed by atoms with van der Waals surface area (Å²) >= 11 is 0. The lowest BCUT2D eigenvalue weighted by atomic mass is 9.78. The van der Waals surface area contributed by atoms with Crippen LogP contribution in [-0.4, -0.2) is 62.1 Å². The Kier molecular flexibility index (Phi) is 7.23. The first-order valence-electron chi connectivity index (χ1n) is 14.6. The van der Waals surface area contributed by atoms with Crippen molar-refractivity contribution in [2.75, 3.05) is 33.7 Å². The summed E-state index contributed by atoms with van der Waals surface area (Å²) in [5, 5.41) is 2.89. The predicted molar refractivity (Wildman–Crippen MR) is 139 cm³/mol. The Balaban J connectivity index is 2.89. The van der Waals surface area contributed by atoms with E-state index in [4.69, 9.17) is 22.4 Å². The molecule has 196 valence electrons. The molecule has 1 atom stereocenters. The van der Waals surface area contributed by atoms with Crippen LogP contribution < -0.4 is 5.32 Å².